The summed E-state index contributed by atoms with van der Waals surface area (Å²) >= 11 is -1.32. The number of imidazole rings is 1. The van der Waals surface area contributed by atoms with E-state index < -0.39 is 11.2 Å². The molecule has 0 amide bonds. The number of H-pyrrole nitrogens is 1. The molecule has 0 aliphatic heterocycles. The van der Waals surface area contributed by atoms with Gasteiger partial charge in [-0.05, 0) is 37.3 Å². The Morgan fingerprint density at radius 2 is 1.81 bits per heavy atom. The molecule has 0 saturated heterocycles. The number of pyridine rings is 1. The van der Waals surface area contributed by atoms with Crippen LogP contribution >= 0.6 is 0 Å². The third-order valence-corrected chi connectivity index (χ3v) is 5.24. The van der Waals surface area contributed by atoms with Crippen molar-refractivity contribution in [3.8, 4) is 11.5 Å². The van der Waals surface area contributed by atoms with E-state index in [1.54, 1.807) is 6.20 Å². The van der Waals surface area contributed by atoms with Gasteiger partial charge in [-0.3, -0.25) is 9.97 Å². The minimum atomic E-state index is -1.32. The lowest BCUT2D eigenvalue weighted by Gasteiger charge is -2.12. The second-order valence-electron chi connectivity index (χ2n) is 5.84. The fraction of sp³-hybridized carbons (Fsp3) is 0.100. The summed E-state index contributed by atoms with van der Waals surface area (Å²) in [7, 11) is 0. The number of aromatic nitrogens is 3. The first-order valence-corrected chi connectivity index (χ1v) is 9.53. The average Bonchev–Trinajstić information content (AvgIpc) is 3.10. The predicted molar refractivity (Wildman–Crippen MR) is 102 cm³/mol. The number of hydrogen-bond donors (Lipinski definition) is 1. The van der Waals surface area contributed by atoms with Crippen LogP contribution in [0.25, 0.3) is 11.0 Å². The minimum absolute atomic E-state index is 0.275. The zero-order chi connectivity index (χ0) is 17.9. The molecule has 0 aliphatic carbocycles. The number of nitrogens with one attached hydrogen (secondary N) is 1. The van der Waals surface area contributed by atoms with Gasteiger partial charge >= 0.3 is 5.16 Å². The zero-order valence-corrected chi connectivity index (χ0v) is 15.0. The smallest absolute Gasteiger partial charge is 0.322 e. The van der Waals surface area contributed by atoms with Crippen LogP contribution in [0.1, 0.15) is 11.3 Å². The number of fused-ring (bicyclic) bond motifs is 1. The van der Waals surface area contributed by atoms with Crippen LogP contribution in [0.3, 0.4) is 0 Å². The fourth-order valence-electron chi connectivity index (χ4n) is 2.66. The molecule has 0 spiro atoms. The summed E-state index contributed by atoms with van der Waals surface area (Å²) < 4.78 is 18.7. The molecular formula is C20H17N3O2S. The molecule has 0 fully saturated rings. The van der Waals surface area contributed by atoms with Crippen LogP contribution in [0, 0.1) is 6.92 Å². The molecule has 1 N–H and O–H groups in total. The normalized spacial score (nSPS) is 12.2. The Morgan fingerprint density at radius 1 is 1.04 bits per heavy atom. The SMILES string of the molecule is Cc1c(Oc2ccccc2)ccnc1C[S+]([O-])c1nc2ccccc2[nH]1. The summed E-state index contributed by atoms with van der Waals surface area (Å²) in [6.07, 6.45) is 1.68. The number of hydrogen-bond acceptors (Lipinski definition) is 4. The van der Waals surface area contributed by atoms with Crippen LogP contribution in [-0.4, -0.2) is 19.5 Å². The highest BCUT2D eigenvalue weighted by Crippen LogP contribution is 2.27. The molecule has 0 saturated carbocycles. The number of para-hydroxylation sites is 3. The largest absolute Gasteiger partial charge is 0.609 e. The highest BCUT2D eigenvalue weighted by atomic mass is 32.2. The van der Waals surface area contributed by atoms with Crippen molar-refractivity contribution < 1.29 is 9.29 Å². The Labute approximate surface area is 154 Å². The maximum atomic E-state index is 12.7. The molecule has 130 valence electrons. The van der Waals surface area contributed by atoms with Gasteiger partial charge in [-0.1, -0.05) is 30.3 Å². The van der Waals surface area contributed by atoms with E-state index in [1.807, 2.05) is 67.6 Å². The van der Waals surface area contributed by atoms with E-state index in [4.69, 9.17) is 4.74 Å². The van der Waals surface area contributed by atoms with Crippen molar-refractivity contribution in [1.82, 2.24) is 15.0 Å². The molecule has 2 aromatic heterocycles. The number of benzene rings is 2. The molecule has 0 bridgehead atoms. The monoisotopic (exact) mass is 363 g/mol. The van der Waals surface area contributed by atoms with Gasteiger partial charge in [-0.25, -0.2) is 0 Å². The van der Waals surface area contributed by atoms with E-state index in [2.05, 4.69) is 15.0 Å². The van der Waals surface area contributed by atoms with E-state index in [1.165, 1.54) is 0 Å². The summed E-state index contributed by atoms with van der Waals surface area (Å²) in [5.74, 6) is 1.74. The summed E-state index contributed by atoms with van der Waals surface area (Å²) in [5, 5.41) is 0.460. The molecule has 26 heavy (non-hydrogen) atoms. The summed E-state index contributed by atoms with van der Waals surface area (Å²) in [5.41, 5.74) is 3.29. The zero-order valence-electron chi connectivity index (χ0n) is 14.2. The van der Waals surface area contributed by atoms with Crippen LogP contribution in [0.4, 0.5) is 0 Å². The molecule has 1 unspecified atom stereocenters. The lowest BCUT2D eigenvalue weighted by atomic mass is 10.2. The van der Waals surface area contributed by atoms with Crippen LogP contribution in [0.15, 0.2) is 72.0 Å². The Kier molecular flexibility index (Phi) is 4.60. The van der Waals surface area contributed by atoms with Gasteiger partial charge in [0.05, 0.1) is 16.7 Å². The lowest BCUT2D eigenvalue weighted by molar-refractivity contribution is 0.477. The van der Waals surface area contributed by atoms with Gasteiger partial charge < -0.3 is 9.29 Å². The van der Waals surface area contributed by atoms with Gasteiger partial charge in [0.15, 0.2) is 5.75 Å². The first kappa shape index (κ1) is 16.6. The van der Waals surface area contributed by atoms with E-state index in [0.29, 0.717) is 10.9 Å². The summed E-state index contributed by atoms with van der Waals surface area (Å²) in [6.45, 7) is 1.93. The van der Waals surface area contributed by atoms with E-state index in [9.17, 15) is 4.55 Å². The van der Waals surface area contributed by atoms with Crippen molar-refractivity contribution >= 4 is 22.2 Å². The molecule has 2 aromatic carbocycles. The third kappa shape index (κ3) is 3.42. The van der Waals surface area contributed by atoms with Crippen molar-refractivity contribution in [3.05, 3.63) is 78.1 Å². The maximum Gasteiger partial charge on any atom is 0.322 e. The average molecular weight is 363 g/mol. The standard InChI is InChI=1S/C20H17N3O2S/c1-14-18(21-12-11-19(14)25-15-7-3-2-4-8-15)13-26(24)20-22-16-9-5-6-10-17(16)23-20/h2-12H,13H2,1H3,(H,22,23). The molecule has 2 heterocycles. The summed E-state index contributed by atoms with van der Waals surface area (Å²) in [6, 6.07) is 19.0. The highest BCUT2D eigenvalue weighted by molar-refractivity contribution is 7.90. The predicted octanol–water partition coefficient (Wildman–Crippen LogP) is 4.37. The van der Waals surface area contributed by atoms with Crippen molar-refractivity contribution in [2.24, 2.45) is 0 Å². The number of rotatable bonds is 5. The molecule has 1 atom stereocenters. The van der Waals surface area contributed by atoms with Gasteiger partial charge in [0.1, 0.15) is 11.5 Å². The molecular weight excluding hydrogens is 346 g/mol. The van der Waals surface area contributed by atoms with Gasteiger partial charge in [-0.2, -0.15) is 4.98 Å². The van der Waals surface area contributed by atoms with E-state index in [0.717, 1.165) is 28.0 Å². The second kappa shape index (κ2) is 7.19. The maximum absolute atomic E-state index is 12.7. The van der Waals surface area contributed by atoms with Gasteiger partial charge in [0.2, 0.25) is 0 Å². The molecule has 4 aromatic rings. The Hall–Kier alpha value is -2.83. The van der Waals surface area contributed by atoms with E-state index >= 15 is 0 Å². The molecule has 6 heteroatoms. The highest BCUT2D eigenvalue weighted by Gasteiger charge is 2.20. The van der Waals surface area contributed by atoms with Crippen molar-refractivity contribution in [2.45, 2.75) is 17.8 Å². The third-order valence-electron chi connectivity index (χ3n) is 4.08. The lowest BCUT2D eigenvalue weighted by Crippen LogP contribution is -2.10. The van der Waals surface area contributed by atoms with Crippen LogP contribution in [-0.2, 0) is 16.9 Å². The van der Waals surface area contributed by atoms with Crippen molar-refractivity contribution in [1.29, 1.82) is 0 Å². The first-order chi connectivity index (χ1) is 12.7. The minimum Gasteiger partial charge on any atom is -0.609 e. The van der Waals surface area contributed by atoms with Crippen LogP contribution in [0.2, 0.25) is 0 Å². The van der Waals surface area contributed by atoms with E-state index in [-0.39, 0.29) is 5.75 Å². The Bertz CT molecular complexity index is 1000. The number of ether oxygens (including phenoxy) is 1. The van der Waals surface area contributed by atoms with Gasteiger partial charge in [-0.15, -0.1) is 0 Å². The van der Waals surface area contributed by atoms with Crippen molar-refractivity contribution in [2.75, 3.05) is 0 Å². The molecule has 0 radical (unpaired) electrons. The Morgan fingerprint density at radius 3 is 2.62 bits per heavy atom. The molecule has 5 nitrogen and oxygen atoms in total. The van der Waals surface area contributed by atoms with Gasteiger partial charge in [0.25, 0.3) is 0 Å². The summed E-state index contributed by atoms with van der Waals surface area (Å²) in [4.78, 5) is 11.9. The number of nitrogens with zero attached hydrogens (tertiary/aromatic N) is 2. The van der Waals surface area contributed by atoms with Crippen LogP contribution in [0.5, 0.6) is 11.5 Å². The topological polar surface area (TPSA) is 73.9 Å². The van der Waals surface area contributed by atoms with Crippen LogP contribution < -0.4 is 4.74 Å². The van der Waals surface area contributed by atoms with Gasteiger partial charge in [0, 0.05) is 22.9 Å². The molecule has 0 aliphatic rings. The Balaban J connectivity index is 1.56. The van der Waals surface area contributed by atoms with Crippen molar-refractivity contribution in [3.63, 3.8) is 0 Å². The first-order valence-electron chi connectivity index (χ1n) is 8.21. The molecule has 4 rings (SSSR count). The quantitative estimate of drug-likeness (QED) is 0.535. The second-order valence-corrected chi connectivity index (χ2v) is 7.21. The fourth-order valence-corrected chi connectivity index (χ4v) is 3.76. The number of aromatic amines is 1.